The van der Waals surface area contributed by atoms with Gasteiger partial charge in [0.25, 0.3) is 0 Å². The summed E-state index contributed by atoms with van der Waals surface area (Å²) < 4.78 is 17.6. The number of amides is 1. The van der Waals surface area contributed by atoms with Crippen molar-refractivity contribution in [2.24, 2.45) is 0 Å². The molecule has 0 spiro atoms. The number of aliphatic hydroxyl groups is 5. The topological polar surface area (TPSA) is 175 Å². The molecule has 1 rings (SSSR count). The number of aliphatic hydroxyl groups excluding tert-OH is 5. The molecule has 1 fully saturated rings. The number of carbonyl (C=O) groups excluding carboxylic acids is 2. The lowest BCUT2D eigenvalue weighted by Crippen LogP contribution is -2.61. The maximum atomic E-state index is 13.4. The normalized spacial score (nSPS) is 19.6. The van der Waals surface area contributed by atoms with Crippen LogP contribution in [0.1, 0.15) is 233 Å². The van der Waals surface area contributed by atoms with Crippen molar-refractivity contribution >= 4 is 11.9 Å². The highest BCUT2D eigenvalue weighted by Crippen LogP contribution is 2.26. The van der Waals surface area contributed by atoms with E-state index < -0.39 is 67.4 Å². The van der Waals surface area contributed by atoms with Gasteiger partial charge >= 0.3 is 5.97 Å². The predicted octanol–water partition coefficient (Wildman–Crippen LogP) is 15.6. The van der Waals surface area contributed by atoms with E-state index >= 15 is 0 Å². The van der Waals surface area contributed by atoms with Crippen molar-refractivity contribution in [3.05, 3.63) is 134 Å². The maximum Gasteiger partial charge on any atom is 0.306 e. The van der Waals surface area contributed by atoms with E-state index in [1.807, 2.05) is 12.2 Å². The van der Waals surface area contributed by atoms with Gasteiger partial charge in [-0.2, -0.15) is 0 Å². The number of carbonyl (C=O) groups is 2. The van der Waals surface area contributed by atoms with Crippen LogP contribution in [0.2, 0.25) is 0 Å². The first-order chi connectivity index (χ1) is 39.7. The standard InChI is InChI=1S/C70H115NO10/c1-4-7-10-13-16-19-22-24-26-28-30-32-34-36-38-40-43-46-49-52-55-58-65(75)81-68-67(77)66(76)64(59-72)80-70(68)79-60-61(62(73)56-53-50-47-44-41-21-18-15-12-9-6-3)71-69(78)63(74)57-54-51-48-45-42-39-37-35-33-31-29-27-25-23-20-17-14-11-8-5-2/h8,11,16-17,19-20,24-27,30-33,36-39,45,48,53,56,61-64,66-68,70,72-74,76-77H,4-7,9-10,12-15,18,21-23,28-29,34-35,40-44,46-47,49-52,54-55,57-60H2,1-3H3,(H,71,78)/b11-8-,19-16-,20-17-,26-24-,27-25-,32-30-,33-31-,38-36-,39-37-,48-45-,56-53+. The summed E-state index contributed by atoms with van der Waals surface area (Å²) in [7, 11) is 0. The second-order valence-corrected chi connectivity index (χ2v) is 21.4. The minimum absolute atomic E-state index is 0.0891. The second-order valence-electron chi connectivity index (χ2n) is 21.4. The summed E-state index contributed by atoms with van der Waals surface area (Å²) in [5, 5.41) is 57.0. The van der Waals surface area contributed by atoms with E-state index in [1.54, 1.807) is 6.08 Å². The summed E-state index contributed by atoms with van der Waals surface area (Å²) in [5.74, 6) is -1.27. The minimum atomic E-state index is -1.64. The lowest BCUT2D eigenvalue weighted by Gasteiger charge is -2.41. The van der Waals surface area contributed by atoms with Gasteiger partial charge in [0, 0.05) is 6.42 Å². The van der Waals surface area contributed by atoms with Crippen LogP contribution in [0.3, 0.4) is 0 Å². The molecular formula is C70H115NO10. The Bertz CT molecular complexity index is 1830. The van der Waals surface area contributed by atoms with Gasteiger partial charge in [-0.25, -0.2) is 0 Å². The van der Waals surface area contributed by atoms with Crippen molar-refractivity contribution in [2.75, 3.05) is 13.2 Å². The van der Waals surface area contributed by atoms with Crippen LogP contribution < -0.4 is 5.32 Å². The van der Waals surface area contributed by atoms with Gasteiger partial charge in [-0.05, 0) is 122 Å². The largest absolute Gasteiger partial charge is 0.454 e. The SMILES string of the molecule is CC/C=C\C/C=C\C/C=C\C/C=C\C/C=C\C/C=C\CCCC(O)C(=O)NC(COC1OC(CO)C(O)C(O)C1OC(=O)CCCCCCC/C=C\C/C=C\C/C=C\C/C=C\CCCCC)C(O)/C=C/CCCCCCCCCCC. The summed E-state index contributed by atoms with van der Waals surface area (Å²) in [6, 6.07) is -1.06. The van der Waals surface area contributed by atoms with E-state index in [2.05, 4.69) is 142 Å². The molecule has 0 aromatic rings. The van der Waals surface area contributed by atoms with Gasteiger partial charge in [0.1, 0.15) is 24.4 Å². The number of esters is 1. The lowest BCUT2D eigenvalue weighted by molar-refractivity contribution is -0.305. The fourth-order valence-corrected chi connectivity index (χ4v) is 8.99. The molecule has 11 nitrogen and oxygen atoms in total. The minimum Gasteiger partial charge on any atom is -0.454 e. The molecule has 1 amide bonds. The quantitative estimate of drug-likeness (QED) is 0.0195. The average molecular weight is 1130 g/mol. The molecule has 1 saturated heterocycles. The van der Waals surface area contributed by atoms with Gasteiger partial charge in [-0.1, -0.05) is 238 Å². The molecule has 11 heteroatoms. The average Bonchev–Trinajstić information content (AvgIpc) is 3.51. The second kappa shape index (κ2) is 56.3. The van der Waals surface area contributed by atoms with Crippen molar-refractivity contribution in [3.8, 4) is 0 Å². The maximum absolute atomic E-state index is 13.4. The van der Waals surface area contributed by atoms with Crippen LogP contribution in [0.25, 0.3) is 0 Å². The molecule has 0 saturated carbocycles. The van der Waals surface area contributed by atoms with Gasteiger partial charge in [0.15, 0.2) is 12.4 Å². The molecule has 81 heavy (non-hydrogen) atoms. The Balaban J connectivity index is 2.70. The number of ether oxygens (including phenoxy) is 3. The highest BCUT2D eigenvalue weighted by atomic mass is 16.7. The Labute approximate surface area is 493 Å². The first-order valence-corrected chi connectivity index (χ1v) is 32.0. The van der Waals surface area contributed by atoms with Crippen molar-refractivity contribution in [3.63, 3.8) is 0 Å². The van der Waals surface area contributed by atoms with E-state index in [1.165, 1.54) is 64.2 Å². The monoisotopic (exact) mass is 1130 g/mol. The number of nitrogens with one attached hydrogen (secondary N) is 1. The molecule has 460 valence electrons. The summed E-state index contributed by atoms with van der Waals surface area (Å²) >= 11 is 0. The number of hydrogen-bond acceptors (Lipinski definition) is 10. The van der Waals surface area contributed by atoms with E-state index in [9.17, 15) is 35.1 Å². The van der Waals surface area contributed by atoms with E-state index in [4.69, 9.17) is 14.2 Å². The molecule has 0 aromatic carbocycles. The van der Waals surface area contributed by atoms with Gasteiger partial charge in [-0.15, -0.1) is 0 Å². The third kappa shape index (κ3) is 44.1. The van der Waals surface area contributed by atoms with Crippen LogP contribution in [0.4, 0.5) is 0 Å². The van der Waals surface area contributed by atoms with Crippen LogP contribution in [-0.4, -0.2) is 99.6 Å². The lowest BCUT2D eigenvalue weighted by atomic mass is 9.99. The molecule has 0 aromatic heterocycles. The number of rotatable bonds is 52. The van der Waals surface area contributed by atoms with E-state index in [0.29, 0.717) is 19.3 Å². The van der Waals surface area contributed by atoms with Crippen LogP contribution >= 0.6 is 0 Å². The third-order valence-corrected chi connectivity index (χ3v) is 14.0. The Hall–Kier alpha value is -4.20. The van der Waals surface area contributed by atoms with Crippen LogP contribution in [0.5, 0.6) is 0 Å². The summed E-state index contributed by atoms with van der Waals surface area (Å²) in [6.07, 6.45) is 69.1. The predicted molar refractivity (Wildman–Crippen MR) is 337 cm³/mol. The van der Waals surface area contributed by atoms with Gasteiger partial charge in [0.2, 0.25) is 5.91 Å². The van der Waals surface area contributed by atoms with Crippen molar-refractivity contribution < 1.29 is 49.3 Å². The molecule has 8 atom stereocenters. The number of allylic oxidation sites excluding steroid dienone is 21. The summed E-state index contributed by atoms with van der Waals surface area (Å²) in [6.45, 7) is 5.59. The fraction of sp³-hybridized carbons (Fsp3) is 0.657. The van der Waals surface area contributed by atoms with Crippen molar-refractivity contribution in [1.29, 1.82) is 0 Å². The molecule has 0 radical (unpaired) electrons. The van der Waals surface area contributed by atoms with E-state index in [0.717, 1.165) is 116 Å². The molecule has 1 aliphatic heterocycles. The first kappa shape index (κ1) is 74.8. The van der Waals surface area contributed by atoms with Gasteiger partial charge < -0.3 is 45.1 Å². The van der Waals surface area contributed by atoms with Gasteiger partial charge in [-0.3, -0.25) is 9.59 Å². The highest BCUT2D eigenvalue weighted by Gasteiger charge is 2.47. The Morgan fingerprint density at radius 1 is 0.494 bits per heavy atom. The highest BCUT2D eigenvalue weighted by molar-refractivity contribution is 5.80. The Morgan fingerprint density at radius 3 is 1.36 bits per heavy atom. The molecule has 8 unspecified atom stereocenters. The molecule has 1 aliphatic rings. The molecule has 0 bridgehead atoms. The Morgan fingerprint density at radius 2 is 0.889 bits per heavy atom. The molecule has 1 heterocycles. The summed E-state index contributed by atoms with van der Waals surface area (Å²) in [5.41, 5.74) is 0. The van der Waals surface area contributed by atoms with Crippen LogP contribution in [-0.2, 0) is 23.8 Å². The van der Waals surface area contributed by atoms with Crippen molar-refractivity contribution in [2.45, 2.75) is 282 Å². The zero-order valence-electron chi connectivity index (χ0n) is 50.8. The molecular weight excluding hydrogens is 1010 g/mol. The molecule has 0 aliphatic carbocycles. The Kier molecular flexibility index (Phi) is 52.0. The third-order valence-electron chi connectivity index (χ3n) is 14.0. The van der Waals surface area contributed by atoms with Crippen molar-refractivity contribution in [1.82, 2.24) is 5.32 Å². The number of hydrogen-bond donors (Lipinski definition) is 6. The number of unbranched alkanes of at least 4 members (excludes halogenated alkanes) is 18. The fourth-order valence-electron chi connectivity index (χ4n) is 8.99. The van der Waals surface area contributed by atoms with Crippen LogP contribution in [0.15, 0.2) is 134 Å². The zero-order valence-corrected chi connectivity index (χ0v) is 50.8. The van der Waals surface area contributed by atoms with Gasteiger partial charge in [0.05, 0.1) is 25.4 Å². The smallest absolute Gasteiger partial charge is 0.306 e. The molecule has 6 N–H and O–H groups in total. The van der Waals surface area contributed by atoms with E-state index in [-0.39, 0.29) is 19.4 Å². The summed E-state index contributed by atoms with van der Waals surface area (Å²) in [4.78, 5) is 26.6. The zero-order chi connectivity index (χ0) is 58.9. The van der Waals surface area contributed by atoms with Crippen LogP contribution in [0, 0.1) is 0 Å². The first-order valence-electron chi connectivity index (χ1n) is 32.0.